The van der Waals surface area contributed by atoms with E-state index in [0.29, 0.717) is 16.8 Å². The van der Waals surface area contributed by atoms with Crippen LogP contribution >= 0.6 is 0 Å². The number of carbonyl (C=O) groups is 3. The maximum atomic E-state index is 13.8. The molecule has 3 aromatic rings. The third-order valence-electron chi connectivity index (χ3n) is 6.95. The Bertz CT molecular complexity index is 1180. The lowest BCUT2D eigenvalue weighted by Crippen LogP contribution is -2.53. The molecule has 2 aromatic carbocycles. The van der Waals surface area contributed by atoms with Gasteiger partial charge in [0.1, 0.15) is 6.04 Å². The number of carbonyl (C=O) groups excluding carboxylic acids is 3. The van der Waals surface area contributed by atoms with Crippen LogP contribution in [0.4, 0.5) is 0 Å². The van der Waals surface area contributed by atoms with Crippen molar-refractivity contribution in [1.29, 1.82) is 0 Å². The van der Waals surface area contributed by atoms with Crippen molar-refractivity contribution in [2.24, 2.45) is 5.92 Å². The molecule has 0 saturated heterocycles. The van der Waals surface area contributed by atoms with Gasteiger partial charge in [0.05, 0.1) is 11.7 Å². The van der Waals surface area contributed by atoms with E-state index in [1.807, 2.05) is 48.5 Å². The second-order valence-corrected chi connectivity index (χ2v) is 9.27. The summed E-state index contributed by atoms with van der Waals surface area (Å²) in [5, 5.41) is 5.98. The van der Waals surface area contributed by atoms with Crippen LogP contribution in [0.3, 0.4) is 0 Å². The average molecular weight is 472 g/mol. The first-order valence-corrected chi connectivity index (χ1v) is 12.4. The zero-order valence-electron chi connectivity index (χ0n) is 20.4. The number of hydrogen-bond donors (Lipinski definition) is 2. The molecule has 1 amide bonds. The summed E-state index contributed by atoms with van der Waals surface area (Å²) in [4.78, 5) is 39.6. The smallest absolute Gasteiger partial charge is 0.253 e. The van der Waals surface area contributed by atoms with Crippen LogP contribution in [0.5, 0.6) is 0 Å². The van der Waals surface area contributed by atoms with Crippen LogP contribution in [-0.4, -0.2) is 41.3 Å². The van der Waals surface area contributed by atoms with E-state index in [0.717, 1.165) is 37.7 Å². The number of hydrogen-bond acceptors (Lipinski definition) is 4. The first kappa shape index (κ1) is 24.6. The van der Waals surface area contributed by atoms with E-state index in [1.54, 1.807) is 42.9 Å². The number of likely N-dealkylation sites (N-methyl/N-ethyl adjacent to an activating group) is 1. The Balaban J connectivity index is 1.64. The summed E-state index contributed by atoms with van der Waals surface area (Å²) in [6.45, 7) is 1.79. The molecule has 0 spiro atoms. The Kier molecular flexibility index (Phi) is 7.93. The fraction of sp³-hybridized carbons (Fsp3) is 0.345. The second-order valence-electron chi connectivity index (χ2n) is 9.27. The molecule has 1 fully saturated rings. The van der Waals surface area contributed by atoms with E-state index in [2.05, 4.69) is 10.6 Å². The predicted octanol–water partition coefficient (Wildman–Crippen LogP) is 4.70. The molecular formula is C29H33N3O3. The molecule has 6 nitrogen and oxygen atoms in total. The minimum absolute atomic E-state index is 0.0646. The van der Waals surface area contributed by atoms with E-state index in [4.69, 9.17) is 0 Å². The summed E-state index contributed by atoms with van der Waals surface area (Å²) in [6, 6.07) is 19.2. The molecule has 2 atom stereocenters. The highest BCUT2D eigenvalue weighted by molar-refractivity contribution is 6.09. The lowest BCUT2D eigenvalue weighted by atomic mass is 9.83. The van der Waals surface area contributed by atoms with Gasteiger partial charge in [-0.15, -0.1) is 0 Å². The van der Waals surface area contributed by atoms with Crippen LogP contribution in [0.25, 0.3) is 11.3 Å². The average Bonchev–Trinajstić information content (AvgIpc) is 3.41. The molecule has 1 aliphatic carbocycles. The largest absolute Gasteiger partial charge is 0.343 e. The van der Waals surface area contributed by atoms with Gasteiger partial charge in [0, 0.05) is 17.3 Å². The van der Waals surface area contributed by atoms with E-state index in [1.165, 1.54) is 0 Å². The van der Waals surface area contributed by atoms with Gasteiger partial charge in [0.15, 0.2) is 5.78 Å². The highest BCUT2D eigenvalue weighted by atomic mass is 16.2. The summed E-state index contributed by atoms with van der Waals surface area (Å²) in [7, 11) is 1.73. The van der Waals surface area contributed by atoms with Crippen molar-refractivity contribution >= 4 is 17.6 Å². The third kappa shape index (κ3) is 5.60. The normalized spacial score (nSPS) is 15.8. The molecule has 0 unspecified atom stereocenters. The molecule has 0 aliphatic heterocycles. The summed E-state index contributed by atoms with van der Waals surface area (Å²) in [6.07, 6.45) is 6.87. The molecule has 0 bridgehead atoms. The molecule has 1 aliphatic rings. The molecule has 182 valence electrons. The number of benzene rings is 2. The molecular weight excluding hydrogens is 438 g/mol. The van der Waals surface area contributed by atoms with E-state index < -0.39 is 12.1 Å². The molecule has 35 heavy (non-hydrogen) atoms. The van der Waals surface area contributed by atoms with Gasteiger partial charge in [-0.2, -0.15) is 0 Å². The molecule has 1 aromatic heterocycles. The summed E-state index contributed by atoms with van der Waals surface area (Å²) >= 11 is 0. The number of nitrogens with one attached hydrogen (secondary N) is 2. The van der Waals surface area contributed by atoms with Crippen molar-refractivity contribution in [3.63, 3.8) is 0 Å². The number of nitrogens with zero attached hydrogens (tertiary/aromatic N) is 1. The summed E-state index contributed by atoms with van der Waals surface area (Å²) in [5.74, 6) is -0.287. The predicted molar refractivity (Wildman–Crippen MR) is 137 cm³/mol. The van der Waals surface area contributed by atoms with Crippen LogP contribution in [0.1, 0.15) is 59.7 Å². The Morgan fingerprint density at radius 1 is 0.886 bits per heavy atom. The third-order valence-corrected chi connectivity index (χ3v) is 6.95. The van der Waals surface area contributed by atoms with E-state index >= 15 is 0 Å². The maximum absolute atomic E-state index is 13.8. The topological polar surface area (TPSA) is 80.2 Å². The van der Waals surface area contributed by atoms with Crippen LogP contribution in [0.15, 0.2) is 72.9 Å². The van der Waals surface area contributed by atoms with Crippen molar-refractivity contribution in [3.8, 4) is 11.3 Å². The second kappa shape index (κ2) is 11.3. The molecule has 2 N–H and O–H groups in total. The highest BCUT2D eigenvalue weighted by Crippen LogP contribution is 2.29. The first-order valence-electron chi connectivity index (χ1n) is 12.4. The monoisotopic (exact) mass is 471 g/mol. The Morgan fingerprint density at radius 2 is 1.60 bits per heavy atom. The van der Waals surface area contributed by atoms with E-state index in [9.17, 15) is 14.4 Å². The molecule has 1 heterocycles. The van der Waals surface area contributed by atoms with Gasteiger partial charge in [-0.05, 0) is 56.5 Å². The molecule has 1 saturated carbocycles. The highest BCUT2D eigenvalue weighted by Gasteiger charge is 2.33. The van der Waals surface area contributed by atoms with Crippen molar-refractivity contribution in [2.45, 2.75) is 51.1 Å². The van der Waals surface area contributed by atoms with Gasteiger partial charge in [-0.1, -0.05) is 67.8 Å². The standard InChI is InChI=1S/C29H33N3O3/c1-20(30-2)28(34)31-26(21-11-5-3-6-12-21)29(35)32-18-10-17-25(32)23-15-9-16-24(19-23)27(33)22-13-7-4-8-14-22/h4,7-10,13-21,26,30H,3,5-6,11-12H2,1-2H3,(H,31,34)/t20-,26-/m0/s1. The fourth-order valence-corrected chi connectivity index (χ4v) is 4.79. The van der Waals surface area contributed by atoms with Crippen LogP contribution in [0, 0.1) is 5.92 Å². The Labute approximate surface area is 206 Å². The minimum atomic E-state index is -0.598. The number of rotatable bonds is 8. The van der Waals surface area contributed by atoms with Crippen LogP contribution in [-0.2, 0) is 4.79 Å². The lowest BCUT2D eigenvalue weighted by molar-refractivity contribution is -0.123. The van der Waals surface area contributed by atoms with Gasteiger partial charge in [-0.25, -0.2) is 0 Å². The fourth-order valence-electron chi connectivity index (χ4n) is 4.79. The lowest BCUT2D eigenvalue weighted by Gasteiger charge is -2.31. The molecule has 4 rings (SSSR count). The summed E-state index contributed by atoms with van der Waals surface area (Å²) < 4.78 is 1.62. The molecule has 6 heteroatoms. The SMILES string of the molecule is CN[C@@H](C)C(=O)N[C@H](C(=O)n1cccc1-c1cccc(C(=O)c2ccccc2)c1)C1CCCCC1. The minimum Gasteiger partial charge on any atom is -0.343 e. The van der Waals surface area contributed by atoms with Crippen LogP contribution in [0.2, 0.25) is 0 Å². The first-order chi connectivity index (χ1) is 17.0. The van der Waals surface area contributed by atoms with E-state index in [-0.39, 0.29) is 23.5 Å². The van der Waals surface area contributed by atoms with Crippen molar-refractivity contribution in [3.05, 3.63) is 84.1 Å². The zero-order chi connectivity index (χ0) is 24.8. The quantitative estimate of drug-likeness (QED) is 0.467. The van der Waals surface area contributed by atoms with Gasteiger partial charge in [-0.3, -0.25) is 19.0 Å². The number of amides is 1. The van der Waals surface area contributed by atoms with Crippen molar-refractivity contribution < 1.29 is 14.4 Å². The number of ketones is 1. The van der Waals surface area contributed by atoms with Crippen molar-refractivity contribution in [1.82, 2.24) is 15.2 Å². The van der Waals surface area contributed by atoms with Gasteiger partial charge in [0.25, 0.3) is 5.91 Å². The summed E-state index contributed by atoms with van der Waals surface area (Å²) in [5.41, 5.74) is 2.67. The molecule has 0 radical (unpaired) electrons. The maximum Gasteiger partial charge on any atom is 0.253 e. The van der Waals surface area contributed by atoms with Gasteiger partial charge in [0.2, 0.25) is 5.91 Å². The van der Waals surface area contributed by atoms with Crippen LogP contribution < -0.4 is 10.6 Å². The zero-order valence-corrected chi connectivity index (χ0v) is 20.4. The van der Waals surface area contributed by atoms with Gasteiger partial charge >= 0.3 is 0 Å². The Morgan fingerprint density at radius 3 is 2.31 bits per heavy atom. The van der Waals surface area contributed by atoms with Crippen molar-refractivity contribution in [2.75, 3.05) is 7.05 Å². The van der Waals surface area contributed by atoms with Gasteiger partial charge < -0.3 is 10.6 Å². The number of aromatic nitrogens is 1. The Hall–Kier alpha value is -3.51.